The minimum Gasteiger partial charge on any atom is -0.481 e. The second-order valence-corrected chi connectivity index (χ2v) is 8.43. The molecule has 0 saturated carbocycles. The van der Waals surface area contributed by atoms with Gasteiger partial charge in [0, 0.05) is 5.56 Å². The van der Waals surface area contributed by atoms with Crippen molar-refractivity contribution in [2.45, 2.75) is 48.2 Å². The van der Waals surface area contributed by atoms with Gasteiger partial charge in [-0.3, -0.25) is 0 Å². The van der Waals surface area contributed by atoms with Crippen molar-refractivity contribution in [2.24, 2.45) is 0 Å². The van der Waals surface area contributed by atoms with E-state index in [9.17, 15) is 17.9 Å². The highest BCUT2D eigenvalue weighted by Crippen LogP contribution is 2.47. The molecule has 0 aliphatic carbocycles. The van der Waals surface area contributed by atoms with E-state index in [-0.39, 0.29) is 24.3 Å². The maximum Gasteiger partial charge on any atom is 0.219 e. The van der Waals surface area contributed by atoms with E-state index < -0.39 is 31.8 Å². The second-order valence-electron chi connectivity index (χ2n) is 5.91. The Kier molecular flexibility index (Phi) is 3.44. The van der Waals surface area contributed by atoms with E-state index in [1.807, 2.05) is 0 Å². The fourth-order valence-corrected chi connectivity index (χ4v) is 6.14. The maximum atomic E-state index is 13.5. The molecule has 1 N–H and O–H groups in total. The summed E-state index contributed by atoms with van der Waals surface area (Å²) in [6.45, 7) is 0. The number of hydrogen-bond donors (Lipinski definition) is 1. The van der Waals surface area contributed by atoms with Gasteiger partial charge in [0.15, 0.2) is 9.84 Å². The van der Waals surface area contributed by atoms with Crippen LogP contribution in [-0.2, 0) is 15.4 Å². The topological polar surface area (TPSA) is 76.5 Å². The van der Waals surface area contributed by atoms with Gasteiger partial charge >= 0.3 is 0 Å². The predicted octanol–water partition coefficient (Wildman–Crippen LogP) is 1.55. The Bertz CT molecular complexity index is 641. The summed E-state index contributed by atoms with van der Waals surface area (Å²) in [6, 6.07) is 1.19. The highest BCUT2D eigenvalue weighted by molar-refractivity contribution is 7.92. The predicted molar refractivity (Wildman–Crippen MR) is 74.2 cm³/mol. The van der Waals surface area contributed by atoms with Gasteiger partial charge in [-0.1, -0.05) is 6.42 Å². The summed E-state index contributed by atoms with van der Waals surface area (Å²) >= 11 is 0. The number of nitrogens with zero attached hydrogens (tertiary/aromatic N) is 1. The molecule has 2 unspecified atom stereocenters. The first-order valence-corrected chi connectivity index (χ1v) is 8.63. The molecule has 116 valence electrons. The first-order valence-electron chi connectivity index (χ1n) is 7.02. The quantitative estimate of drug-likeness (QED) is 0.896. The molecule has 2 aliphatic rings. The molecule has 2 saturated heterocycles. The van der Waals surface area contributed by atoms with Crippen LogP contribution in [0.1, 0.15) is 37.7 Å². The lowest BCUT2D eigenvalue weighted by molar-refractivity contribution is 0.00219. The summed E-state index contributed by atoms with van der Waals surface area (Å²) in [6.07, 6.45) is 3.12. The summed E-state index contributed by atoms with van der Waals surface area (Å²) in [5.74, 6) is -0.422. The monoisotopic (exact) mass is 315 g/mol. The van der Waals surface area contributed by atoms with Crippen LogP contribution in [0.25, 0.3) is 0 Å². The number of fused-ring (bicyclic) bond motifs is 2. The smallest absolute Gasteiger partial charge is 0.219 e. The number of ether oxygens (including phenoxy) is 1. The molecule has 2 aliphatic heterocycles. The molecule has 5 nitrogen and oxygen atoms in total. The summed E-state index contributed by atoms with van der Waals surface area (Å²) in [4.78, 5) is 3.84. The van der Waals surface area contributed by atoms with Gasteiger partial charge in [0.05, 0.1) is 29.4 Å². The number of pyridine rings is 1. The van der Waals surface area contributed by atoms with E-state index in [1.54, 1.807) is 0 Å². The molecule has 2 bridgehead atoms. The Labute approximate surface area is 123 Å². The van der Waals surface area contributed by atoms with Crippen molar-refractivity contribution in [3.05, 3.63) is 23.6 Å². The molecule has 2 atom stereocenters. The van der Waals surface area contributed by atoms with Gasteiger partial charge in [0.2, 0.25) is 5.88 Å². The Morgan fingerprint density at radius 3 is 2.57 bits per heavy atom. The van der Waals surface area contributed by atoms with E-state index in [0.717, 1.165) is 12.6 Å². The third-order valence-corrected chi connectivity index (χ3v) is 7.29. The minimum absolute atomic E-state index is 0.0767. The van der Waals surface area contributed by atoms with Crippen LogP contribution in [0, 0.1) is 5.82 Å². The second kappa shape index (κ2) is 4.91. The van der Waals surface area contributed by atoms with Crippen molar-refractivity contribution in [1.29, 1.82) is 0 Å². The number of halogens is 1. The zero-order valence-corrected chi connectivity index (χ0v) is 12.6. The zero-order chi connectivity index (χ0) is 15.3. The summed E-state index contributed by atoms with van der Waals surface area (Å²) in [7, 11) is -1.79. The maximum absolute atomic E-state index is 13.5. The molecule has 0 spiro atoms. The normalized spacial score (nSPS) is 34.4. The number of rotatable bonds is 2. The molecule has 0 radical (unpaired) electrons. The lowest BCUT2D eigenvalue weighted by atomic mass is 9.81. The van der Waals surface area contributed by atoms with Crippen LogP contribution in [0.5, 0.6) is 5.88 Å². The number of sulfone groups is 1. The van der Waals surface area contributed by atoms with Gasteiger partial charge in [-0.2, -0.15) is 0 Å². The third-order valence-electron chi connectivity index (χ3n) is 4.62. The van der Waals surface area contributed by atoms with Crippen molar-refractivity contribution >= 4 is 9.84 Å². The number of hydrogen-bond acceptors (Lipinski definition) is 5. The molecule has 1 aromatic heterocycles. The average Bonchev–Trinajstić information content (AvgIpc) is 2.41. The largest absolute Gasteiger partial charge is 0.481 e. The molecule has 7 heteroatoms. The Hall–Kier alpha value is -1.21. The molecule has 0 aromatic carbocycles. The lowest BCUT2D eigenvalue weighted by Gasteiger charge is -2.44. The number of methoxy groups -OCH3 is 1. The van der Waals surface area contributed by atoms with Crippen LogP contribution < -0.4 is 4.74 Å². The van der Waals surface area contributed by atoms with Crippen LogP contribution in [0.15, 0.2) is 12.3 Å². The van der Waals surface area contributed by atoms with Crippen molar-refractivity contribution in [3.8, 4) is 5.88 Å². The van der Waals surface area contributed by atoms with Crippen molar-refractivity contribution in [2.75, 3.05) is 7.11 Å². The van der Waals surface area contributed by atoms with Crippen LogP contribution in [0.3, 0.4) is 0 Å². The van der Waals surface area contributed by atoms with Gasteiger partial charge in [0.25, 0.3) is 0 Å². The fraction of sp³-hybridized carbons (Fsp3) is 0.643. The Morgan fingerprint density at radius 2 is 2.00 bits per heavy atom. The molecule has 3 rings (SSSR count). The molecule has 1 aromatic rings. The van der Waals surface area contributed by atoms with Crippen LogP contribution >= 0.6 is 0 Å². The summed E-state index contributed by atoms with van der Waals surface area (Å²) < 4.78 is 43.2. The first kappa shape index (κ1) is 14.7. The standard InChI is InChI=1S/C14H18FNO4S/c1-20-13-12(5-9(15)8-16-13)14(17)6-10-3-2-4-11(7-14)21(10,18)19/h5,8,10-11,17H,2-4,6-7H2,1H3. The van der Waals surface area contributed by atoms with E-state index >= 15 is 0 Å². The molecule has 0 amide bonds. The van der Waals surface area contributed by atoms with Gasteiger partial charge in [-0.25, -0.2) is 17.8 Å². The highest BCUT2D eigenvalue weighted by atomic mass is 32.2. The fourth-order valence-electron chi connectivity index (χ4n) is 3.59. The van der Waals surface area contributed by atoms with Gasteiger partial charge in [-0.15, -0.1) is 0 Å². The average molecular weight is 315 g/mol. The van der Waals surface area contributed by atoms with E-state index in [4.69, 9.17) is 4.74 Å². The van der Waals surface area contributed by atoms with Crippen LogP contribution in [0.2, 0.25) is 0 Å². The third kappa shape index (κ3) is 2.32. The molecular weight excluding hydrogens is 297 g/mol. The van der Waals surface area contributed by atoms with Gasteiger partial charge in [0.1, 0.15) is 5.82 Å². The zero-order valence-electron chi connectivity index (χ0n) is 11.8. The van der Waals surface area contributed by atoms with Crippen LogP contribution in [-0.4, -0.2) is 36.1 Å². The SMILES string of the molecule is COc1ncc(F)cc1C1(O)CC2CCCC(C1)S2(=O)=O. The molecule has 21 heavy (non-hydrogen) atoms. The molecular formula is C14H18FNO4S. The summed E-state index contributed by atoms with van der Waals surface area (Å²) in [5.41, 5.74) is -1.15. The van der Waals surface area contributed by atoms with Crippen molar-refractivity contribution in [3.63, 3.8) is 0 Å². The molecule has 3 heterocycles. The summed E-state index contributed by atoms with van der Waals surface area (Å²) in [5, 5.41) is 9.83. The van der Waals surface area contributed by atoms with E-state index in [2.05, 4.69) is 4.98 Å². The lowest BCUT2D eigenvalue weighted by Crippen LogP contribution is -2.50. The van der Waals surface area contributed by atoms with Gasteiger partial charge in [-0.05, 0) is 31.7 Å². The Balaban J connectivity index is 2.05. The van der Waals surface area contributed by atoms with E-state index in [1.165, 1.54) is 13.2 Å². The number of aromatic nitrogens is 1. The van der Waals surface area contributed by atoms with E-state index in [0.29, 0.717) is 12.8 Å². The Morgan fingerprint density at radius 1 is 1.38 bits per heavy atom. The van der Waals surface area contributed by atoms with Gasteiger partial charge < -0.3 is 9.84 Å². The van der Waals surface area contributed by atoms with Crippen LogP contribution in [0.4, 0.5) is 4.39 Å². The van der Waals surface area contributed by atoms with Crippen molar-refractivity contribution < 1.29 is 22.7 Å². The van der Waals surface area contributed by atoms with Crippen molar-refractivity contribution in [1.82, 2.24) is 4.98 Å². The minimum atomic E-state index is -3.19. The number of aliphatic hydroxyl groups is 1. The highest BCUT2D eigenvalue weighted by Gasteiger charge is 2.52. The molecule has 2 fully saturated rings. The first-order chi connectivity index (χ1) is 9.87.